The fourth-order valence-corrected chi connectivity index (χ4v) is 5.18. The minimum atomic E-state index is 0.744. The van der Waals surface area contributed by atoms with Crippen LogP contribution in [0.25, 0.3) is 0 Å². The van der Waals surface area contributed by atoms with E-state index in [9.17, 15) is 0 Å². The minimum Gasteiger partial charge on any atom is -0.365 e. The van der Waals surface area contributed by atoms with Crippen LogP contribution >= 0.6 is 15.9 Å². The van der Waals surface area contributed by atoms with E-state index < -0.39 is 0 Å². The highest BCUT2D eigenvalue weighted by Crippen LogP contribution is 2.50. The van der Waals surface area contributed by atoms with Crippen molar-refractivity contribution >= 4 is 21.6 Å². The maximum absolute atomic E-state index is 3.66. The van der Waals surface area contributed by atoms with Gasteiger partial charge in [-0.3, -0.25) is 4.90 Å². The first-order valence-corrected chi connectivity index (χ1v) is 8.89. The van der Waals surface area contributed by atoms with Crippen LogP contribution in [0.1, 0.15) is 44.1 Å². The largest absolute Gasteiger partial charge is 0.365 e. The van der Waals surface area contributed by atoms with Crippen molar-refractivity contribution < 1.29 is 0 Å². The van der Waals surface area contributed by atoms with E-state index in [2.05, 4.69) is 50.9 Å². The number of piperazine rings is 1. The van der Waals surface area contributed by atoms with Gasteiger partial charge >= 0.3 is 0 Å². The third-order valence-electron chi connectivity index (χ3n) is 5.49. The topological polar surface area (TPSA) is 6.48 Å². The van der Waals surface area contributed by atoms with Crippen molar-refractivity contribution in [2.24, 2.45) is 0 Å². The number of nitrogens with zero attached hydrogens (tertiary/aromatic N) is 2. The molecule has 2 heterocycles. The Kier molecular flexibility index (Phi) is 3.30. The molecular weight excluding hydrogens is 312 g/mol. The lowest BCUT2D eigenvalue weighted by Gasteiger charge is -2.50. The van der Waals surface area contributed by atoms with Gasteiger partial charge in [-0.2, -0.15) is 0 Å². The zero-order chi connectivity index (χ0) is 13.7. The predicted molar refractivity (Wildman–Crippen MR) is 87.5 cm³/mol. The molecule has 1 saturated carbocycles. The van der Waals surface area contributed by atoms with Crippen molar-refractivity contribution in [3.63, 3.8) is 0 Å². The van der Waals surface area contributed by atoms with E-state index in [0.29, 0.717) is 0 Å². The highest BCUT2D eigenvalue weighted by atomic mass is 79.9. The fourth-order valence-electron chi connectivity index (χ4n) is 4.80. The lowest BCUT2D eigenvalue weighted by Crippen LogP contribution is -2.60. The summed E-state index contributed by atoms with van der Waals surface area (Å²) in [6.45, 7) is 6.05. The van der Waals surface area contributed by atoms with Crippen LogP contribution < -0.4 is 4.90 Å². The van der Waals surface area contributed by atoms with Gasteiger partial charge in [0, 0.05) is 35.2 Å². The van der Waals surface area contributed by atoms with E-state index in [1.165, 1.54) is 55.5 Å². The zero-order valence-corrected chi connectivity index (χ0v) is 13.8. The third-order valence-corrected chi connectivity index (χ3v) is 5.98. The van der Waals surface area contributed by atoms with Gasteiger partial charge in [0.25, 0.3) is 0 Å². The van der Waals surface area contributed by atoms with E-state index in [1.54, 1.807) is 5.56 Å². The third kappa shape index (κ3) is 1.86. The van der Waals surface area contributed by atoms with Crippen LogP contribution in [0.2, 0.25) is 0 Å². The highest BCUT2D eigenvalue weighted by Gasteiger charge is 2.48. The number of fused-ring (bicyclic) bond motifs is 3. The van der Waals surface area contributed by atoms with Crippen molar-refractivity contribution in [1.29, 1.82) is 0 Å². The first-order valence-electron chi connectivity index (χ1n) is 8.09. The van der Waals surface area contributed by atoms with Crippen molar-refractivity contribution in [3.05, 3.63) is 28.2 Å². The average molecular weight is 335 g/mol. The second kappa shape index (κ2) is 5.03. The summed E-state index contributed by atoms with van der Waals surface area (Å²) in [6.07, 6.45) is 5.45. The number of halogens is 1. The van der Waals surface area contributed by atoms with E-state index in [0.717, 1.165) is 18.0 Å². The summed E-state index contributed by atoms with van der Waals surface area (Å²) < 4.78 is 1.24. The highest BCUT2D eigenvalue weighted by molar-refractivity contribution is 9.10. The Bertz CT molecular complexity index is 516. The summed E-state index contributed by atoms with van der Waals surface area (Å²) >= 11 is 3.66. The lowest BCUT2D eigenvalue weighted by atomic mass is 9.78. The molecule has 20 heavy (non-hydrogen) atoms. The molecule has 1 aromatic carbocycles. The van der Waals surface area contributed by atoms with Crippen molar-refractivity contribution in [2.75, 3.05) is 24.5 Å². The van der Waals surface area contributed by atoms with Gasteiger partial charge in [-0.25, -0.2) is 0 Å². The van der Waals surface area contributed by atoms with E-state index in [1.807, 2.05) is 0 Å². The number of rotatable bonds is 2. The summed E-state index contributed by atoms with van der Waals surface area (Å²) in [4.78, 5) is 5.50. The molecule has 2 aliphatic heterocycles. The molecule has 2 fully saturated rings. The first kappa shape index (κ1) is 13.1. The molecule has 0 bridgehead atoms. The average Bonchev–Trinajstić information content (AvgIpc) is 2.78. The Labute approximate surface area is 130 Å². The SMILES string of the molecule is CCCN1CCN2c3ccc(Br)cc3C3CCCC1C32. The Morgan fingerprint density at radius 1 is 1.25 bits per heavy atom. The normalized spacial score (nSPS) is 32.1. The molecule has 0 aromatic heterocycles. The fraction of sp³-hybridized carbons (Fsp3) is 0.647. The summed E-state index contributed by atoms with van der Waals surface area (Å²) in [5.41, 5.74) is 3.12. The molecule has 0 N–H and O–H groups in total. The van der Waals surface area contributed by atoms with Gasteiger partial charge in [0.2, 0.25) is 0 Å². The van der Waals surface area contributed by atoms with Crippen molar-refractivity contribution in [2.45, 2.75) is 50.6 Å². The Morgan fingerprint density at radius 3 is 3.00 bits per heavy atom. The molecule has 3 aliphatic rings. The maximum atomic E-state index is 3.66. The molecule has 3 unspecified atom stereocenters. The molecule has 108 valence electrons. The monoisotopic (exact) mass is 334 g/mol. The Morgan fingerprint density at radius 2 is 2.15 bits per heavy atom. The number of hydrogen-bond donors (Lipinski definition) is 0. The summed E-state index contributed by atoms with van der Waals surface area (Å²) in [6, 6.07) is 8.46. The van der Waals surface area contributed by atoms with Gasteiger partial charge in [0.15, 0.2) is 0 Å². The molecule has 0 radical (unpaired) electrons. The predicted octanol–water partition coefficient (Wildman–Crippen LogP) is 4.00. The molecule has 0 spiro atoms. The number of hydrogen-bond acceptors (Lipinski definition) is 2. The molecule has 1 aromatic rings. The van der Waals surface area contributed by atoms with Gasteiger partial charge < -0.3 is 4.90 Å². The first-order chi connectivity index (χ1) is 9.79. The standard InChI is InChI=1S/C17H23BrN2/c1-2-8-19-9-10-20-15-7-6-12(18)11-14(15)13-4-3-5-16(19)17(13)20/h6-7,11,13,16-17H,2-5,8-10H2,1H3. The maximum Gasteiger partial charge on any atom is 0.0515 e. The summed E-state index contributed by atoms with van der Waals surface area (Å²) in [5, 5.41) is 0. The van der Waals surface area contributed by atoms with Gasteiger partial charge in [-0.1, -0.05) is 29.3 Å². The summed E-state index contributed by atoms with van der Waals surface area (Å²) in [5.74, 6) is 0.765. The molecule has 1 aliphatic carbocycles. The zero-order valence-electron chi connectivity index (χ0n) is 12.2. The van der Waals surface area contributed by atoms with Crippen LogP contribution in [0.3, 0.4) is 0 Å². The Hall–Kier alpha value is -0.540. The van der Waals surface area contributed by atoms with Gasteiger partial charge in [-0.15, -0.1) is 0 Å². The molecule has 2 nitrogen and oxygen atoms in total. The molecular formula is C17H23BrN2. The number of anilines is 1. The van der Waals surface area contributed by atoms with Crippen LogP contribution in [0.15, 0.2) is 22.7 Å². The van der Waals surface area contributed by atoms with Gasteiger partial charge in [-0.05, 0) is 49.6 Å². The van der Waals surface area contributed by atoms with Gasteiger partial charge in [0.05, 0.1) is 6.04 Å². The Balaban J connectivity index is 1.73. The second-order valence-corrected chi connectivity index (χ2v) is 7.44. The second-order valence-electron chi connectivity index (χ2n) is 6.53. The number of benzene rings is 1. The van der Waals surface area contributed by atoms with E-state index in [-0.39, 0.29) is 0 Å². The lowest BCUT2D eigenvalue weighted by molar-refractivity contribution is 0.103. The van der Waals surface area contributed by atoms with Crippen LogP contribution in [0.4, 0.5) is 5.69 Å². The van der Waals surface area contributed by atoms with E-state index >= 15 is 0 Å². The van der Waals surface area contributed by atoms with Crippen LogP contribution in [-0.2, 0) is 0 Å². The summed E-state index contributed by atoms with van der Waals surface area (Å²) in [7, 11) is 0. The van der Waals surface area contributed by atoms with Crippen LogP contribution in [0, 0.1) is 0 Å². The molecule has 4 rings (SSSR count). The van der Waals surface area contributed by atoms with E-state index in [4.69, 9.17) is 0 Å². The van der Waals surface area contributed by atoms with Gasteiger partial charge in [0.1, 0.15) is 0 Å². The smallest absolute Gasteiger partial charge is 0.0515 e. The van der Waals surface area contributed by atoms with Crippen LogP contribution in [0.5, 0.6) is 0 Å². The quantitative estimate of drug-likeness (QED) is 0.806. The van der Waals surface area contributed by atoms with Crippen molar-refractivity contribution in [3.8, 4) is 0 Å². The van der Waals surface area contributed by atoms with Crippen LogP contribution in [-0.4, -0.2) is 36.6 Å². The van der Waals surface area contributed by atoms with Crippen molar-refractivity contribution in [1.82, 2.24) is 4.90 Å². The molecule has 0 amide bonds. The molecule has 3 atom stereocenters. The minimum absolute atomic E-state index is 0.744. The molecule has 1 saturated heterocycles. The molecule has 3 heteroatoms.